The molecule has 0 amide bonds. The second kappa shape index (κ2) is 8.12. The van der Waals surface area contributed by atoms with Crippen LogP contribution in [-0.4, -0.2) is 40.9 Å². The number of aromatic nitrogens is 2. The third kappa shape index (κ3) is 3.93. The van der Waals surface area contributed by atoms with Crippen LogP contribution >= 0.6 is 11.8 Å². The number of nitrogens with zero attached hydrogens (tertiary/aromatic N) is 4. The summed E-state index contributed by atoms with van der Waals surface area (Å²) in [5.74, 6) is 0.505. The van der Waals surface area contributed by atoms with Crippen LogP contribution in [0.2, 0.25) is 0 Å². The molecule has 3 aromatic rings. The van der Waals surface area contributed by atoms with Gasteiger partial charge in [-0.2, -0.15) is 4.31 Å². The highest BCUT2D eigenvalue weighted by Crippen LogP contribution is 2.37. The van der Waals surface area contributed by atoms with Crippen LogP contribution in [0.4, 0.5) is 5.69 Å². The van der Waals surface area contributed by atoms with Gasteiger partial charge in [0.25, 0.3) is 16.8 Å². The molecule has 2 heterocycles. The van der Waals surface area contributed by atoms with E-state index in [1.54, 1.807) is 26.0 Å². The average molecular weight is 424 g/mol. The summed E-state index contributed by atoms with van der Waals surface area (Å²) < 4.78 is 37.1. The molecule has 0 unspecified atom stereocenters. The van der Waals surface area contributed by atoms with Crippen molar-refractivity contribution >= 4 is 27.5 Å². The predicted molar refractivity (Wildman–Crippen MR) is 99.3 cm³/mol. The zero-order valence-electron chi connectivity index (χ0n) is 14.9. The Kier molecular flexibility index (Phi) is 5.82. The Labute approximate surface area is 164 Å². The number of hydrogen-bond acceptors (Lipinski definition) is 9. The number of nitro groups is 1. The van der Waals surface area contributed by atoms with E-state index < -0.39 is 14.9 Å². The lowest BCUT2D eigenvalue weighted by molar-refractivity contribution is -0.388. The summed E-state index contributed by atoms with van der Waals surface area (Å²) in [5.41, 5.74) is -0.365. The Morgan fingerprint density at radius 2 is 1.96 bits per heavy atom. The molecule has 28 heavy (non-hydrogen) atoms. The first-order valence-corrected chi connectivity index (χ1v) is 10.5. The molecule has 0 fully saturated rings. The van der Waals surface area contributed by atoms with Gasteiger partial charge in [-0.05, 0) is 36.0 Å². The van der Waals surface area contributed by atoms with E-state index in [2.05, 4.69) is 10.2 Å². The molecule has 0 saturated heterocycles. The van der Waals surface area contributed by atoms with Crippen molar-refractivity contribution in [2.24, 2.45) is 0 Å². The molecule has 12 heteroatoms. The fourth-order valence-corrected chi connectivity index (χ4v) is 4.69. The SMILES string of the molecule is CCN(CC)S(=O)(=O)c1ccc(Sc2nnc(-c3ccco3)o2)c([N+](=O)[O-])c1. The number of benzene rings is 1. The molecule has 0 N–H and O–H groups in total. The summed E-state index contributed by atoms with van der Waals surface area (Å²) in [7, 11) is -3.82. The largest absolute Gasteiger partial charge is 0.459 e. The van der Waals surface area contributed by atoms with Gasteiger partial charge in [-0.1, -0.05) is 13.8 Å². The van der Waals surface area contributed by atoms with Gasteiger partial charge in [-0.15, -0.1) is 10.2 Å². The second-order valence-electron chi connectivity index (χ2n) is 5.43. The highest BCUT2D eigenvalue weighted by Gasteiger charge is 2.26. The minimum Gasteiger partial charge on any atom is -0.459 e. The van der Waals surface area contributed by atoms with Crippen LogP contribution in [-0.2, 0) is 10.0 Å². The maximum atomic E-state index is 12.6. The minimum atomic E-state index is -3.82. The van der Waals surface area contributed by atoms with E-state index in [1.165, 1.54) is 22.7 Å². The fraction of sp³-hybridized carbons (Fsp3) is 0.250. The standard InChI is InChI=1S/C16H16N4O6S2/c1-3-19(4-2)28(23,24)11-7-8-14(12(10-11)20(21)22)27-16-18-17-15(26-16)13-6-5-9-25-13/h5-10H,3-4H2,1-2H3. The number of hydrogen-bond donors (Lipinski definition) is 0. The smallest absolute Gasteiger partial charge is 0.284 e. The van der Waals surface area contributed by atoms with Crippen molar-refractivity contribution in [3.8, 4) is 11.7 Å². The van der Waals surface area contributed by atoms with Gasteiger partial charge < -0.3 is 8.83 Å². The third-order valence-corrected chi connectivity index (χ3v) is 6.76. The molecule has 0 aliphatic carbocycles. The van der Waals surface area contributed by atoms with E-state index in [4.69, 9.17) is 8.83 Å². The summed E-state index contributed by atoms with van der Waals surface area (Å²) in [6.07, 6.45) is 1.45. The van der Waals surface area contributed by atoms with Crippen LogP contribution in [0, 0.1) is 10.1 Å². The van der Waals surface area contributed by atoms with Gasteiger partial charge >= 0.3 is 0 Å². The second-order valence-corrected chi connectivity index (χ2v) is 8.36. The van der Waals surface area contributed by atoms with Crippen LogP contribution < -0.4 is 0 Å². The molecule has 1 aromatic carbocycles. The summed E-state index contributed by atoms with van der Waals surface area (Å²) >= 11 is 0.868. The van der Waals surface area contributed by atoms with E-state index in [1.807, 2.05) is 0 Å². The Morgan fingerprint density at radius 1 is 1.21 bits per heavy atom. The lowest BCUT2D eigenvalue weighted by Crippen LogP contribution is -2.30. The number of rotatable bonds is 8. The van der Waals surface area contributed by atoms with Crippen molar-refractivity contribution in [1.82, 2.24) is 14.5 Å². The molecule has 10 nitrogen and oxygen atoms in total. The van der Waals surface area contributed by atoms with Gasteiger partial charge in [-0.3, -0.25) is 10.1 Å². The number of sulfonamides is 1. The summed E-state index contributed by atoms with van der Waals surface area (Å²) in [4.78, 5) is 10.9. The first-order chi connectivity index (χ1) is 13.4. The predicted octanol–water partition coefficient (Wildman–Crippen LogP) is 3.42. The van der Waals surface area contributed by atoms with Gasteiger partial charge in [0.05, 0.1) is 21.0 Å². The lowest BCUT2D eigenvalue weighted by atomic mass is 10.3. The first-order valence-electron chi connectivity index (χ1n) is 8.20. The maximum absolute atomic E-state index is 12.6. The van der Waals surface area contributed by atoms with Crippen LogP contribution in [0.1, 0.15) is 13.8 Å². The Morgan fingerprint density at radius 3 is 2.57 bits per heavy atom. The van der Waals surface area contributed by atoms with Crippen LogP contribution in [0.25, 0.3) is 11.7 Å². The third-order valence-electron chi connectivity index (χ3n) is 3.81. The molecule has 0 atom stereocenters. The van der Waals surface area contributed by atoms with Crippen molar-refractivity contribution < 1.29 is 22.2 Å². The average Bonchev–Trinajstić information content (AvgIpc) is 3.34. The quantitative estimate of drug-likeness (QED) is 0.394. The molecular weight excluding hydrogens is 408 g/mol. The molecule has 0 saturated carbocycles. The molecule has 0 aliphatic heterocycles. The summed E-state index contributed by atoms with van der Waals surface area (Å²) in [5, 5.41) is 19.2. The maximum Gasteiger partial charge on any atom is 0.284 e. The Bertz CT molecular complexity index is 1070. The molecular formula is C16H16N4O6S2. The molecule has 0 radical (unpaired) electrons. The van der Waals surface area contributed by atoms with Gasteiger partial charge in [0.1, 0.15) is 0 Å². The van der Waals surface area contributed by atoms with Crippen molar-refractivity contribution in [3.05, 3.63) is 46.7 Å². The normalized spacial score (nSPS) is 11.8. The highest BCUT2D eigenvalue weighted by atomic mass is 32.2. The zero-order chi connectivity index (χ0) is 20.3. The van der Waals surface area contributed by atoms with E-state index in [0.717, 1.165) is 17.8 Å². The van der Waals surface area contributed by atoms with E-state index in [9.17, 15) is 18.5 Å². The molecule has 0 spiro atoms. The van der Waals surface area contributed by atoms with Gasteiger partial charge in [0.2, 0.25) is 10.0 Å². The molecule has 3 rings (SSSR count). The molecule has 148 valence electrons. The number of nitro benzene ring substituents is 1. The molecule has 2 aromatic heterocycles. The minimum absolute atomic E-state index is 0.0638. The molecule has 0 aliphatic rings. The van der Waals surface area contributed by atoms with E-state index in [0.29, 0.717) is 5.76 Å². The van der Waals surface area contributed by atoms with Gasteiger partial charge in [-0.25, -0.2) is 8.42 Å². The van der Waals surface area contributed by atoms with Crippen LogP contribution in [0.15, 0.2) is 60.4 Å². The van der Waals surface area contributed by atoms with Crippen molar-refractivity contribution in [2.45, 2.75) is 28.9 Å². The summed E-state index contributed by atoms with van der Waals surface area (Å²) in [6.45, 7) is 3.93. The highest BCUT2D eigenvalue weighted by molar-refractivity contribution is 7.99. The van der Waals surface area contributed by atoms with Crippen molar-refractivity contribution in [1.29, 1.82) is 0 Å². The van der Waals surface area contributed by atoms with Crippen LogP contribution in [0.3, 0.4) is 0 Å². The Hall–Kier alpha value is -2.70. The van der Waals surface area contributed by atoms with E-state index in [-0.39, 0.29) is 39.7 Å². The van der Waals surface area contributed by atoms with Gasteiger partial charge in [0, 0.05) is 19.2 Å². The Balaban J connectivity index is 1.93. The number of furan rings is 1. The van der Waals surface area contributed by atoms with Crippen molar-refractivity contribution in [3.63, 3.8) is 0 Å². The lowest BCUT2D eigenvalue weighted by Gasteiger charge is -2.18. The van der Waals surface area contributed by atoms with E-state index >= 15 is 0 Å². The zero-order valence-corrected chi connectivity index (χ0v) is 16.6. The molecule has 0 bridgehead atoms. The summed E-state index contributed by atoms with van der Waals surface area (Å²) in [6, 6.07) is 7.02. The van der Waals surface area contributed by atoms with Gasteiger partial charge in [0.15, 0.2) is 5.76 Å². The monoisotopic (exact) mass is 424 g/mol. The topological polar surface area (TPSA) is 133 Å². The van der Waals surface area contributed by atoms with Crippen LogP contribution in [0.5, 0.6) is 0 Å². The van der Waals surface area contributed by atoms with Crippen molar-refractivity contribution in [2.75, 3.05) is 13.1 Å². The fourth-order valence-electron chi connectivity index (χ4n) is 2.44. The first kappa shape index (κ1) is 20.0.